The van der Waals surface area contributed by atoms with Gasteiger partial charge in [-0.1, -0.05) is 38.1 Å². The van der Waals surface area contributed by atoms with Gasteiger partial charge in [0.05, 0.1) is 15.9 Å². The molecule has 2 heterocycles. The Kier molecular flexibility index (Phi) is 5.93. The van der Waals surface area contributed by atoms with Crippen LogP contribution in [-0.4, -0.2) is 49.0 Å². The van der Waals surface area contributed by atoms with E-state index in [-0.39, 0.29) is 40.1 Å². The highest BCUT2D eigenvalue weighted by atomic mass is 32.2. The molecule has 1 N–H and O–H groups in total. The van der Waals surface area contributed by atoms with E-state index in [0.29, 0.717) is 31.2 Å². The van der Waals surface area contributed by atoms with Crippen LogP contribution in [0.15, 0.2) is 41.3 Å². The molecular formula is C26H33N3O5S. The third-order valence-corrected chi connectivity index (χ3v) is 10.5. The number of aliphatic hydroxyl groups is 1. The van der Waals surface area contributed by atoms with Crippen LogP contribution >= 0.6 is 0 Å². The van der Waals surface area contributed by atoms with Crippen molar-refractivity contribution >= 4 is 21.4 Å². The summed E-state index contributed by atoms with van der Waals surface area (Å²) in [5.74, 6) is 0.502. The van der Waals surface area contributed by atoms with Gasteiger partial charge in [-0.05, 0) is 66.7 Å². The summed E-state index contributed by atoms with van der Waals surface area (Å²) in [4.78, 5) is 13.7. The number of hydrogen-bond acceptors (Lipinski definition) is 6. The minimum absolute atomic E-state index is 0.0225. The van der Waals surface area contributed by atoms with Gasteiger partial charge in [0, 0.05) is 31.8 Å². The highest BCUT2D eigenvalue weighted by molar-refractivity contribution is 7.89. The summed E-state index contributed by atoms with van der Waals surface area (Å²) in [6.07, 6.45) is 2.40. The van der Waals surface area contributed by atoms with Crippen LogP contribution in [0.1, 0.15) is 61.8 Å². The molecule has 2 aromatic carbocycles. The number of nitro groups is 1. The van der Waals surface area contributed by atoms with E-state index < -0.39 is 14.9 Å². The molecule has 0 aromatic heterocycles. The van der Waals surface area contributed by atoms with Crippen LogP contribution in [0.25, 0.3) is 0 Å². The number of anilines is 1. The fourth-order valence-corrected chi connectivity index (χ4v) is 8.24. The molecule has 2 fully saturated rings. The first-order valence-corrected chi connectivity index (χ1v) is 13.7. The zero-order chi connectivity index (χ0) is 25.1. The van der Waals surface area contributed by atoms with E-state index >= 15 is 0 Å². The van der Waals surface area contributed by atoms with Gasteiger partial charge in [0.2, 0.25) is 10.0 Å². The van der Waals surface area contributed by atoms with E-state index in [2.05, 4.69) is 6.07 Å². The van der Waals surface area contributed by atoms with E-state index in [9.17, 15) is 23.6 Å². The van der Waals surface area contributed by atoms with Crippen molar-refractivity contribution < 1.29 is 18.4 Å². The van der Waals surface area contributed by atoms with Gasteiger partial charge in [0.15, 0.2) is 0 Å². The third kappa shape index (κ3) is 3.84. The summed E-state index contributed by atoms with van der Waals surface area (Å²) in [6.45, 7) is 7.42. The molecule has 0 saturated carbocycles. The number of hydrogen-bond donors (Lipinski definition) is 1. The Morgan fingerprint density at radius 2 is 1.77 bits per heavy atom. The molecule has 1 aliphatic carbocycles. The van der Waals surface area contributed by atoms with Gasteiger partial charge in [-0.15, -0.1) is 0 Å². The van der Waals surface area contributed by atoms with E-state index in [1.165, 1.54) is 9.87 Å². The zero-order valence-electron chi connectivity index (χ0n) is 20.5. The fourth-order valence-electron chi connectivity index (χ4n) is 6.35. The second-order valence-electron chi connectivity index (χ2n) is 10.9. The maximum absolute atomic E-state index is 13.8. The van der Waals surface area contributed by atoms with Crippen molar-refractivity contribution in [1.29, 1.82) is 0 Å². The van der Waals surface area contributed by atoms with Gasteiger partial charge < -0.3 is 10.0 Å². The lowest BCUT2D eigenvalue weighted by Crippen LogP contribution is -2.40. The number of sulfonamides is 1. The monoisotopic (exact) mass is 499 g/mol. The standard InChI is InChI=1S/C26H33N3O5S/c1-17-24(35(33,34)28-15-18-14-23(28)21-7-5-4-6-20(18)21)9-8-22(25(17)29(31)32)27-12-10-19(11-13-27)26(2,3)16-30/h4-9,18-19,23,30H,10-16H2,1-3H3. The van der Waals surface area contributed by atoms with E-state index in [1.807, 2.05) is 36.9 Å². The lowest BCUT2D eigenvalue weighted by molar-refractivity contribution is -0.384. The second kappa shape index (κ2) is 8.57. The van der Waals surface area contributed by atoms with Gasteiger partial charge in [-0.2, -0.15) is 4.31 Å². The predicted molar refractivity (Wildman–Crippen MR) is 134 cm³/mol. The first-order valence-electron chi connectivity index (χ1n) is 12.3. The molecule has 2 aliphatic heterocycles. The summed E-state index contributed by atoms with van der Waals surface area (Å²) in [6, 6.07) is 10.9. The minimum atomic E-state index is -3.90. The van der Waals surface area contributed by atoms with E-state index in [4.69, 9.17) is 0 Å². The van der Waals surface area contributed by atoms with Crippen molar-refractivity contribution in [3.05, 3.63) is 63.2 Å². The Morgan fingerprint density at radius 1 is 1.11 bits per heavy atom. The number of fused-ring (bicyclic) bond motifs is 5. The van der Waals surface area contributed by atoms with Gasteiger partial charge >= 0.3 is 0 Å². The summed E-state index contributed by atoms with van der Waals surface area (Å²) in [7, 11) is -3.90. The molecule has 188 valence electrons. The number of nitrogens with zero attached hydrogens (tertiary/aromatic N) is 3. The highest BCUT2D eigenvalue weighted by Gasteiger charge is 2.48. The van der Waals surface area contributed by atoms with Gasteiger partial charge in [0.25, 0.3) is 5.69 Å². The first kappa shape index (κ1) is 24.2. The summed E-state index contributed by atoms with van der Waals surface area (Å²) in [5, 5.41) is 21.9. The molecule has 2 atom stereocenters. The average molecular weight is 500 g/mol. The Morgan fingerprint density at radius 3 is 2.40 bits per heavy atom. The number of aliphatic hydroxyl groups excluding tert-OH is 1. The number of piperidine rings is 1. The van der Waals surface area contributed by atoms with Crippen molar-refractivity contribution in [1.82, 2.24) is 4.31 Å². The van der Waals surface area contributed by atoms with Crippen LogP contribution in [-0.2, 0) is 10.0 Å². The van der Waals surface area contributed by atoms with E-state index in [1.54, 1.807) is 19.1 Å². The first-order chi connectivity index (χ1) is 16.6. The minimum Gasteiger partial charge on any atom is -0.396 e. The van der Waals surface area contributed by atoms with Crippen LogP contribution in [0.2, 0.25) is 0 Å². The second-order valence-corrected chi connectivity index (χ2v) is 12.7. The molecule has 2 saturated heterocycles. The lowest BCUT2D eigenvalue weighted by atomic mass is 9.74. The van der Waals surface area contributed by atoms with Crippen LogP contribution in [0.4, 0.5) is 11.4 Å². The lowest BCUT2D eigenvalue weighted by Gasteiger charge is -2.40. The van der Waals surface area contributed by atoms with Crippen LogP contribution < -0.4 is 4.90 Å². The summed E-state index contributed by atoms with van der Waals surface area (Å²) >= 11 is 0. The van der Waals surface area contributed by atoms with Crippen molar-refractivity contribution in [3.8, 4) is 0 Å². The zero-order valence-corrected chi connectivity index (χ0v) is 21.3. The quantitative estimate of drug-likeness (QED) is 0.468. The fraction of sp³-hybridized carbons (Fsp3) is 0.538. The molecule has 2 bridgehead atoms. The molecule has 0 radical (unpaired) electrons. The molecular weight excluding hydrogens is 466 g/mol. The predicted octanol–water partition coefficient (Wildman–Crippen LogP) is 4.37. The average Bonchev–Trinajstić information content (AvgIpc) is 3.44. The maximum Gasteiger partial charge on any atom is 0.296 e. The molecule has 2 aromatic rings. The highest BCUT2D eigenvalue weighted by Crippen LogP contribution is 2.52. The summed E-state index contributed by atoms with van der Waals surface area (Å²) < 4.78 is 29.1. The SMILES string of the molecule is Cc1c(S(=O)(=O)N2CC3CC2c2ccccc23)ccc(N2CCC(C(C)(C)CO)CC2)c1[N+](=O)[O-]. The molecule has 8 nitrogen and oxygen atoms in total. The van der Waals surface area contributed by atoms with Gasteiger partial charge in [0.1, 0.15) is 5.69 Å². The van der Waals surface area contributed by atoms with Crippen LogP contribution in [0.5, 0.6) is 0 Å². The van der Waals surface area contributed by atoms with Gasteiger partial charge in [-0.25, -0.2) is 8.42 Å². The molecule has 0 spiro atoms. The molecule has 9 heteroatoms. The topological polar surface area (TPSA) is 104 Å². The van der Waals surface area contributed by atoms with Crippen molar-refractivity contribution in [3.63, 3.8) is 0 Å². The van der Waals surface area contributed by atoms with Gasteiger partial charge in [-0.3, -0.25) is 10.1 Å². The summed E-state index contributed by atoms with van der Waals surface area (Å²) in [5.41, 5.74) is 2.61. The molecule has 0 amide bonds. The Hall–Kier alpha value is -2.49. The molecule has 5 rings (SSSR count). The number of benzene rings is 2. The Balaban J connectivity index is 1.46. The maximum atomic E-state index is 13.8. The van der Waals surface area contributed by atoms with Crippen molar-refractivity contribution in [2.75, 3.05) is 31.1 Å². The van der Waals surface area contributed by atoms with Crippen molar-refractivity contribution in [2.24, 2.45) is 11.3 Å². The molecule has 2 unspecified atom stereocenters. The Labute approximate surface area is 206 Å². The van der Waals surface area contributed by atoms with E-state index in [0.717, 1.165) is 24.8 Å². The van der Waals surface area contributed by atoms with Crippen LogP contribution in [0, 0.1) is 28.4 Å². The normalized spacial score (nSPS) is 23.0. The number of nitro benzene ring substituents is 1. The Bertz CT molecular complexity index is 1270. The number of rotatable bonds is 6. The van der Waals surface area contributed by atoms with Crippen molar-refractivity contribution in [2.45, 2.75) is 56.9 Å². The molecule has 3 aliphatic rings. The smallest absolute Gasteiger partial charge is 0.296 e. The van der Waals surface area contributed by atoms with Crippen LogP contribution in [0.3, 0.4) is 0 Å². The molecule has 35 heavy (non-hydrogen) atoms. The third-order valence-electron chi connectivity index (χ3n) is 8.53. The largest absolute Gasteiger partial charge is 0.396 e.